The molecule has 3 N–H and O–H groups in total. The number of anilines is 2. The maximum Gasteiger partial charge on any atom is 0.247 e. The molecule has 0 aliphatic rings. The second-order valence-electron chi connectivity index (χ2n) is 5.22. The number of carbonyl (C=O) groups excluding carboxylic acids is 2. The van der Waals surface area contributed by atoms with Crippen molar-refractivity contribution in [2.45, 2.75) is 26.3 Å². The van der Waals surface area contributed by atoms with Gasteiger partial charge in [-0.15, -0.1) is 0 Å². The Bertz CT molecular complexity index is 679. The van der Waals surface area contributed by atoms with E-state index in [1.807, 2.05) is 24.3 Å². The molecular weight excluding hydrogens is 296 g/mol. The molecule has 0 saturated heterocycles. The number of nitrogens with one attached hydrogen (secondary N) is 3. The first-order chi connectivity index (χ1) is 11.0. The standard InChI is InChI=1S/C16H20N4O3/c1-10-8-14(20-23-10)19-16(22)11(2)18-13-6-4-12(5-7-13)9-15(21)17-3/h4-8,11,18H,9H2,1-3H3,(H,17,21)(H,19,20,22)/t11-/m0/s1. The highest BCUT2D eigenvalue weighted by molar-refractivity contribution is 5.95. The smallest absolute Gasteiger partial charge is 0.247 e. The normalized spacial score (nSPS) is 11.6. The molecule has 0 fully saturated rings. The first-order valence-electron chi connectivity index (χ1n) is 7.28. The third-order valence-corrected chi connectivity index (χ3v) is 3.25. The summed E-state index contributed by atoms with van der Waals surface area (Å²) in [7, 11) is 1.61. The van der Waals surface area contributed by atoms with E-state index < -0.39 is 6.04 Å². The number of hydrogen-bond donors (Lipinski definition) is 3. The lowest BCUT2D eigenvalue weighted by atomic mass is 10.1. The molecular formula is C16H20N4O3. The number of likely N-dealkylation sites (N-methyl/N-ethyl adjacent to an activating group) is 1. The number of rotatable bonds is 6. The minimum absolute atomic E-state index is 0.0404. The minimum atomic E-state index is -0.447. The highest BCUT2D eigenvalue weighted by Crippen LogP contribution is 2.13. The van der Waals surface area contributed by atoms with Gasteiger partial charge in [-0.25, -0.2) is 0 Å². The number of aryl methyl sites for hydroxylation is 1. The molecule has 0 spiro atoms. The first-order valence-corrected chi connectivity index (χ1v) is 7.28. The molecule has 0 bridgehead atoms. The van der Waals surface area contributed by atoms with E-state index in [1.165, 1.54) is 0 Å². The van der Waals surface area contributed by atoms with Gasteiger partial charge in [-0.1, -0.05) is 17.3 Å². The molecule has 1 aromatic carbocycles. The van der Waals surface area contributed by atoms with Crippen LogP contribution in [-0.2, 0) is 16.0 Å². The van der Waals surface area contributed by atoms with Crippen LogP contribution in [0.2, 0.25) is 0 Å². The molecule has 0 radical (unpaired) electrons. The van der Waals surface area contributed by atoms with Gasteiger partial charge < -0.3 is 20.5 Å². The number of carbonyl (C=O) groups is 2. The molecule has 0 saturated carbocycles. The summed E-state index contributed by atoms with van der Waals surface area (Å²) in [4.78, 5) is 23.4. The lowest BCUT2D eigenvalue weighted by molar-refractivity contribution is -0.120. The van der Waals surface area contributed by atoms with Crippen molar-refractivity contribution >= 4 is 23.3 Å². The molecule has 2 aromatic rings. The zero-order valence-corrected chi connectivity index (χ0v) is 13.3. The van der Waals surface area contributed by atoms with E-state index in [4.69, 9.17) is 4.52 Å². The van der Waals surface area contributed by atoms with Crippen molar-refractivity contribution in [1.82, 2.24) is 10.5 Å². The average Bonchev–Trinajstić information content (AvgIpc) is 2.94. The Morgan fingerprint density at radius 3 is 2.52 bits per heavy atom. The maximum absolute atomic E-state index is 12.1. The van der Waals surface area contributed by atoms with Gasteiger partial charge in [0.25, 0.3) is 0 Å². The summed E-state index contributed by atoms with van der Waals surface area (Å²) < 4.78 is 4.90. The SMILES string of the molecule is CNC(=O)Cc1ccc(N[C@@H](C)C(=O)Nc2cc(C)on2)cc1. The number of hydrogen-bond acceptors (Lipinski definition) is 5. The molecule has 0 aliphatic heterocycles. The van der Waals surface area contributed by atoms with Crippen LogP contribution in [0.1, 0.15) is 18.2 Å². The molecule has 0 aliphatic carbocycles. The Morgan fingerprint density at radius 2 is 1.96 bits per heavy atom. The number of benzene rings is 1. The summed E-state index contributed by atoms with van der Waals surface area (Å²) >= 11 is 0. The second kappa shape index (κ2) is 7.44. The zero-order valence-electron chi connectivity index (χ0n) is 13.3. The van der Waals surface area contributed by atoms with Crippen molar-refractivity contribution in [3.8, 4) is 0 Å². The third-order valence-electron chi connectivity index (χ3n) is 3.25. The Kier molecular flexibility index (Phi) is 5.35. The van der Waals surface area contributed by atoms with Crippen LogP contribution in [0.5, 0.6) is 0 Å². The van der Waals surface area contributed by atoms with Gasteiger partial charge in [0.05, 0.1) is 6.42 Å². The lowest BCUT2D eigenvalue weighted by Crippen LogP contribution is -2.31. The molecule has 7 nitrogen and oxygen atoms in total. The van der Waals surface area contributed by atoms with Gasteiger partial charge in [0.1, 0.15) is 11.8 Å². The molecule has 1 heterocycles. The van der Waals surface area contributed by atoms with Crippen LogP contribution in [0.3, 0.4) is 0 Å². The second-order valence-corrected chi connectivity index (χ2v) is 5.22. The van der Waals surface area contributed by atoms with E-state index in [9.17, 15) is 9.59 Å². The van der Waals surface area contributed by atoms with Crippen molar-refractivity contribution in [3.05, 3.63) is 41.7 Å². The Hall–Kier alpha value is -2.83. The number of aromatic nitrogens is 1. The van der Waals surface area contributed by atoms with Crippen LogP contribution in [0.4, 0.5) is 11.5 Å². The molecule has 0 unspecified atom stereocenters. The van der Waals surface area contributed by atoms with Crippen LogP contribution in [0.15, 0.2) is 34.9 Å². The summed E-state index contributed by atoms with van der Waals surface area (Å²) in [5.74, 6) is 0.767. The van der Waals surface area contributed by atoms with E-state index in [-0.39, 0.29) is 11.8 Å². The summed E-state index contributed by atoms with van der Waals surface area (Å²) in [6.45, 7) is 3.51. The van der Waals surface area contributed by atoms with Crippen LogP contribution in [0.25, 0.3) is 0 Å². The monoisotopic (exact) mass is 316 g/mol. The summed E-state index contributed by atoms with van der Waals surface area (Å²) in [5.41, 5.74) is 1.70. The molecule has 1 aromatic heterocycles. The summed E-state index contributed by atoms with van der Waals surface area (Å²) in [5, 5.41) is 12.1. The van der Waals surface area contributed by atoms with Crippen molar-refractivity contribution < 1.29 is 14.1 Å². The van der Waals surface area contributed by atoms with E-state index >= 15 is 0 Å². The van der Waals surface area contributed by atoms with Crippen LogP contribution in [-0.4, -0.2) is 30.1 Å². The summed E-state index contributed by atoms with van der Waals surface area (Å²) in [6.07, 6.45) is 0.332. The van der Waals surface area contributed by atoms with Gasteiger partial charge in [0.2, 0.25) is 11.8 Å². The summed E-state index contributed by atoms with van der Waals surface area (Å²) in [6, 6.07) is 8.58. The topological polar surface area (TPSA) is 96.3 Å². The van der Waals surface area contributed by atoms with E-state index in [0.29, 0.717) is 18.0 Å². The zero-order chi connectivity index (χ0) is 16.8. The van der Waals surface area contributed by atoms with Crippen LogP contribution >= 0.6 is 0 Å². The highest BCUT2D eigenvalue weighted by Gasteiger charge is 2.14. The molecule has 2 amide bonds. The van der Waals surface area contributed by atoms with Gasteiger partial charge in [-0.2, -0.15) is 0 Å². The highest BCUT2D eigenvalue weighted by atomic mass is 16.5. The van der Waals surface area contributed by atoms with Gasteiger partial charge in [-0.05, 0) is 31.5 Å². The lowest BCUT2D eigenvalue weighted by Gasteiger charge is -2.14. The fourth-order valence-corrected chi connectivity index (χ4v) is 1.97. The molecule has 122 valence electrons. The first kappa shape index (κ1) is 16.5. The van der Waals surface area contributed by atoms with Crippen molar-refractivity contribution in [2.24, 2.45) is 0 Å². The number of nitrogens with zero attached hydrogens (tertiary/aromatic N) is 1. The molecule has 2 rings (SSSR count). The maximum atomic E-state index is 12.1. The van der Waals surface area contributed by atoms with Crippen molar-refractivity contribution in [2.75, 3.05) is 17.7 Å². The largest absolute Gasteiger partial charge is 0.374 e. The van der Waals surface area contributed by atoms with Crippen LogP contribution < -0.4 is 16.0 Å². The Morgan fingerprint density at radius 1 is 1.26 bits per heavy atom. The van der Waals surface area contributed by atoms with Gasteiger partial charge in [0.15, 0.2) is 5.82 Å². The van der Waals surface area contributed by atoms with Crippen LogP contribution in [0, 0.1) is 6.92 Å². The van der Waals surface area contributed by atoms with E-state index in [2.05, 4.69) is 21.1 Å². The Balaban J connectivity index is 1.90. The van der Waals surface area contributed by atoms with Crippen molar-refractivity contribution in [3.63, 3.8) is 0 Å². The molecule has 23 heavy (non-hydrogen) atoms. The van der Waals surface area contributed by atoms with Gasteiger partial charge >= 0.3 is 0 Å². The molecule has 1 atom stereocenters. The number of amides is 2. The Labute approximate surface area is 134 Å². The third kappa shape index (κ3) is 4.84. The average molecular weight is 316 g/mol. The predicted molar refractivity (Wildman–Crippen MR) is 87.2 cm³/mol. The van der Waals surface area contributed by atoms with Gasteiger partial charge in [-0.3, -0.25) is 9.59 Å². The fourth-order valence-electron chi connectivity index (χ4n) is 1.97. The fraction of sp³-hybridized carbons (Fsp3) is 0.312. The quantitative estimate of drug-likeness (QED) is 0.754. The predicted octanol–water partition coefficient (Wildman–Crippen LogP) is 1.71. The molecule has 7 heteroatoms. The van der Waals surface area contributed by atoms with E-state index in [0.717, 1.165) is 11.3 Å². The van der Waals surface area contributed by atoms with E-state index in [1.54, 1.807) is 27.0 Å². The van der Waals surface area contributed by atoms with Gasteiger partial charge in [0, 0.05) is 18.8 Å². The minimum Gasteiger partial charge on any atom is -0.374 e. The van der Waals surface area contributed by atoms with Crippen molar-refractivity contribution in [1.29, 1.82) is 0 Å².